The number of sulfone groups is 1. The fourth-order valence-corrected chi connectivity index (χ4v) is 3.34. The predicted octanol–water partition coefficient (Wildman–Crippen LogP) is 2.78. The summed E-state index contributed by atoms with van der Waals surface area (Å²) in [5.41, 5.74) is 0.816. The van der Waals surface area contributed by atoms with Crippen molar-refractivity contribution in [2.24, 2.45) is 0 Å². The lowest BCUT2D eigenvalue weighted by atomic mass is 10.1. The molecule has 3 aromatic rings. The lowest BCUT2D eigenvalue weighted by molar-refractivity contribution is -0.112. The van der Waals surface area contributed by atoms with Gasteiger partial charge < -0.3 is 4.42 Å². The summed E-state index contributed by atoms with van der Waals surface area (Å²) in [6.45, 7) is 0. The molecule has 2 aromatic heterocycles. The molecule has 26 heavy (non-hydrogen) atoms. The molecule has 134 valence electrons. The van der Waals surface area contributed by atoms with Crippen LogP contribution in [0.2, 0.25) is 0 Å². The largest absolute Gasteiger partial charge is 0.407 e. The number of carbonyl (C=O) groups excluding carboxylic acids is 1. The smallest absolute Gasteiger partial charge is 0.322 e. The van der Waals surface area contributed by atoms with Gasteiger partial charge in [-0.2, -0.15) is 0 Å². The molecule has 1 amide bonds. The van der Waals surface area contributed by atoms with Crippen molar-refractivity contribution in [1.82, 2.24) is 10.2 Å². The van der Waals surface area contributed by atoms with Gasteiger partial charge in [-0.3, -0.25) is 10.1 Å². The van der Waals surface area contributed by atoms with Gasteiger partial charge in [-0.1, -0.05) is 23.3 Å². The lowest BCUT2D eigenvalue weighted by Crippen LogP contribution is -2.07. The molecule has 0 unspecified atom stereocenters. The second-order valence-electron chi connectivity index (χ2n) is 5.43. The summed E-state index contributed by atoms with van der Waals surface area (Å²) in [6, 6.07) is 10.2. The van der Waals surface area contributed by atoms with Gasteiger partial charge in [0.05, 0.1) is 11.3 Å². The third-order valence-electron chi connectivity index (χ3n) is 3.35. The van der Waals surface area contributed by atoms with Crippen LogP contribution in [0.15, 0.2) is 57.2 Å². The summed E-state index contributed by atoms with van der Waals surface area (Å²) in [5.74, 6) is -0.0549. The first-order valence-corrected chi connectivity index (χ1v) is 10.3. The molecule has 0 saturated heterocycles. The number of nitrogens with zero attached hydrogens (tertiary/aromatic N) is 2. The van der Waals surface area contributed by atoms with Gasteiger partial charge in [-0.15, -0.1) is 16.4 Å². The Balaban J connectivity index is 1.60. The average molecular weight is 389 g/mol. The van der Waals surface area contributed by atoms with Crippen molar-refractivity contribution in [2.75, 3.05) is 11.6 Å². The molecule has 3 rings (SSSR count). The first-order chi connectivity index (χ1) is 12.4. The maximum Gasteiger partial charge on any atom is 0.322 e. The van der Waals surface area contributed by atoms with Gasteiger partial charge in [0.15, 0.2) is 9.84 Å². The quantitative estimate of drug-likeness (QED) is 0.651. The Hall–Kier alpha value is -2.78. The summed E-state index contributed by atoms with van der Waals surface area (Å²) >= 11 is 1.52. The average Bonchev–Trinajstić information content (AvgIpc) is 3.25. The molecule has 0 radical (unpaired) electrons. The Kier molecular flexibility index (Phi) is 5.29. The van der Waals surface area contributed by atoms with E-state index in [1.165, 1.54) is 29.5 Å². The maximum atomic E-state index is 11.8. The first kappa shape index (κ1) is 18.0. The maximum absolute atomic E-state index is 11.8. The number of nitrogens with one attached hydrogen (secondary N) is 1. The van der Waals surface area contributed by atoms with E-state index in [0.29, 0.717) is 12.3 Å². The monoisotopic (exact) mass is 389 g/mol. The second kappa shape index (κ2) is 7.63. The zero-order valence-corrected chi connectivity index (χ0v) is 15.4. The van der Waals surface area contributed by atoms with E-state index in [4.69, 9.17) is 4.42 Å². The molecule has 9 heteroatoms. The van der Waals surface area contributed by atoms with Crippen molar-refractivity contribution >= 4 is 39.2 Å². The van der Waals surface area contributed by atoms with E-state index in [-0.39, 0.29) is 16.8 Å². The van der Waals surface area contributed by atoms with Crippen molar-refractivity contribution in [3.8, 4) is 0 Å². The van der Waals surface area contributed by atoms with E-state index < -0.39 is 9.84 Å². The second-order valence-corrected chi connectivity index (χ2v) is 8.43. The highest BCUT2D eigenvalue weighted by atomic mass is 32.2. The molecule has 0 aliphatic carbocycles. The van der Waals surface area contributed by atoms with E-state index in [2.05, 4.69) is 15.5 Å². The molecule has 2 heterocycles. The molecule has 1 N–H and O–H groups in total. The Labute approximate surface area is 154 Å². The van der Waals surface area contributed by atoms with Crippen molar-refractivity contribution in [1.29, 1.82) is 0 Å². The third kappa shape index (κ3) is 4.87. The van der Waals surface area contributed by atoms with Gasteiger partial charge >= 0.3 is 6.01 Å². The minimum Gasteiger partial charge on any atom is -0.407 e. The molecular weight excluding hydrogens is 374 g/mol. The van der Waals surface area contributed by atoms with Crippen LogP contribution >= 0.6 is 11.3 Å². The number of amides is 1. The number of hydrogen-bond acceptors (Lipinski definition) is 7. The van der Waals surface area contributed by atoms with Crippen LogP contribution in [0.3, 0.4) is 0 Å². The molecular formula is C17H15N3O4S2. The van der Waals surface area contributed by atoms with Crippen LogP contribution in [0, 0.1) is 0 Å². The Bertz CT molecular complexity index is 1020. The number of benzene rings is 1. The standard InChI is InChI=1S/C17H15N3O4S2/c1-26(22,23)14-7-4-12(5-8-14)11-16-19-20-17(24-16)18-15(21)9-6-13-3-2-10-25-13/h2-10H,11H2,1H3,(H,18,20,21). The molecule has 1 aromatic carbocycles. The van der Waals surface area contributed by atoms with Gasteiger partial charge in [0.1, 0.15) is 0 Å². The van der Waals surface area contributed by atoms with Crippen LogP contribution in [0.25, 0.3) is 6.08 Å². The van der Waals surface area contributed by atoms with Gasteiger partial charge in [-0.25, -0.2) is 8.42 Å². The SMILES string of the molecule is CS(=O)(=O)c1ccc(Cc2nnc(NC(=O)C=Cc3cccs3)o2)cc1. The third-order valence-corrected chi connectivity index (χ3v) is 5.31. The highest BCUT2D eigenvalue weighted by molar-refractivity contribution is 7.90. The summed E-state index contributed by atoms with van der Waals surface area (Å²) in [7, 11) is -3.23. The highest BCUT2D eigenvalue weighted by Gasteiger charge is 2.10. The summed E-state index contributed by atoms with van der Waals surface area (Å²) in [4.78, 5) is 13.0. The van der Waals surface area contributed by atoms with E-state index in [1.807, 2.05) is 17.5 Å². The van der Waals surface area contributed by atoms with Crippen molar-refractivity contribution in [3.05, 3.63) is 64.2 Å². The van der Waals surface area contributed by atoms with E-state index >= 15 is 0 Å². The molecule has 7 nitrogen and oxygen atoms in total. The predicted molar refractivity (Wildman–Crippen MR) is 98.6 cm³/mol. The van der Waals surface area contributed by atoms with E-state index in [1.54, 1.807) is 18.2 Å². The van der Waals surface area contributed by atoms with Crippen LogP contribution in [0.1, 0.15) is 16.3 Å². The molecule has 0 aliphatic heterocycles. The van der Waals surface area contributed by atoms with Crippen molar-refractivity contribution in [3.63, 3.8) is 0 Å². The molecule has 0 aliphatic rings. The Morgan fingerprint density at radius 3 is 2.65 bits per heavy atom. The fraction of sp³-hybridized carbons (Fsp3) is 0.118. The Morgan fingerprint density at radius 1 is 1.23 bits per heavy atom. The fourth-order valence-electron chi connectivity index (χ4n) is 2.10. The number of carbonyl (C=O) groups is 1. The van der Waals surface area contributed by atoms with Gasteiger partial charge in [0, 0.05) is 17.2 Å². The normalized spacial score (nSPS) is 11.7. The summed E-state index contributed by atoms with van der Waals surface area (Å²) in [5, 5.41) is 12.1. The van der Waals surface area contributed by atoms with Crippen LogP contribution < -0.4 is 5.32 Å². The van der Waals surface area contributed by atoms with Crippen LogP contribution in [-0.2, 0) is 21.1 Å². The molecule has 0 bridgehead atoms. The van der Waals surface area contributed by atoms with Crippen molar-refractivity contribution in [2.45, 2.75) is 11.3 Å². The molecule has 0 saturated carbocycles. The number of thiophene rings is 1. The minimum absolute atomic E-state index is 0.00795. The topological polar surface area (TPSA) is 102 Å². The molecule has 0 spiro atoms. The number of rotatable bonds is 6. The van der Waals surface area contributed by atoms with E-state index in [9.17, 15) is 13.2 Å². The Morgan fingerprint density at radius 2 is 2.00 bits per heavy atom. The summed E-state index contributed by atoms with van der Waals surface area (Å²) < 4.78 is 28.3. The van der Waals surface area contributed by atoms with Crippen molar-refractivity contribution < 1.29 is 17.6 Å². The number of anilines is 1. The molecule has 0 atom stereocenters. The molecule has 0 fully saturated rings. The van der Waals surface area contributed by atoms with Gasteiger partial charge in [0.2, 0.25) is 5.89 Å². The van der Waals surface area contributed by atoms with Crippen LogP contribution in [0.5, 0.6) is 0 Å². The number of hydrogen-bond donors (Lipinski definition) is 1. The minimum atomic E-state index is -3.23. The highest BCUT2D eigenvalue weighted by Crippen LogP contribution is 2.15. The van der Waals surface area contributed by atoms with Crippen LogP contribution in [0.4, 0.5) is 6.01 Å². The lowest BCUT2D eigenvalue weighted by Gasteiger charge is -2.00. The zero-order valence-electron chi connectivity index (χ0n) is 13.7. The van der Waals surface area contributed by atoms with E-state index in [0.717, 1.165) is 16.7 Å². The first-order valence-electron chi connectivity index (χ1n) is 7.54. The zero-order chi connectivity index (χ0) is 18.6. The summed E-state index contributed by atoms with van der Waals surface area (Å²) in [6.07, 6.45) is 4.57. The number of aromatic nitrogens is 2. The van der Waals surface area contributed by atoms with Crippen LogP contribution in [-0.4, -0.2) is 30.8 Å². The van der Waals surface area contributed by atoms with Gasteiger partial charge in [0.25, 0.3) is 5.91 Å². The van der Waals surface area contributed by atoms with Gasteiger partial charge in [-0.05, 0) is 35.2 Å².